The summed E-state index contributed by atoms with van der Waals surface area (Å²) >= 11 is 1.81. The summed E-state index contributed by atoms with van der Waals surface area (Å²) in [7, 11) is 0. The van der Waals surface area contributed by atoms with Crippen molar-refractivity contribution in [1.82, 2.24) is 14.4 Å². The van der Waals surface area contributed by atoms with E-state index in [1.54, 1.807) is 6.08 Å². The quantitative estimate of drug-likeness (QED) is 0.545. The van der Waals surface area contributed by atoms with Gasteiger partial charge in [0.2, 0.25) is 5.91 Å². The van der Waals surface area contributed by atoms with Crippen molar-refractivity contribution in [1.29, 1.82) is 5.26 Å². The van der Waals surface area contributed by atoms with Gasteiger partial charge in [-0.05, 0) is 30.0 Å². The van der Waals surface area contributed by atoms with Crippen molar-refractivity contribution in [2.75, 3.05) is 32.7 Å². The Balaban J connectivity index is 1.35. The number of rotatable bonds is 7. The maximum Gasteiger partial charge on any atom is 0.246 e. The van der Waals surface area contributed by atoms with E-state index in [4.69, 9.17) is 5.26 Å². The number of benzene rings is 1. The van der Waals surface area contributed by atoms with Gasteiger partial charge >= 0.3 is 0 Å². The maximum absolute atomic E-state index is 12.7. The largest absolute Gasteiger partial charge is 0.346 e. The van der Waals surface area contributed by atoms with Crippen molar-refractivity contribution in [3.63, 3.8) is 0 Å². The van der Waals surface area contributed by atoms with Crippen molar-refractivity contribution < 1.29 is 4.79 Å². The van der Waals surface area contributed by atoms with Gasteiger partial charge in [0.15, 0.2) is 0 Å². The van der Waals surface area contributed by atoms with Gasteiger partial charge in [-0.2, -0.15) is 5.26 Å². The fourth-order valence-electron chi connectivity index (χ4n) is 3.94. The highest BCUT2D eigenvalue weighted by atomic mass is 32.1. The van der Waals surface area contributed by atoms with Crippen LogP contribution < -0.4 is 0 Å². The van der Waals surface area contributed by atoms with Crippen LogP contribution in [0.4, 0.5) is 0 Å². The van der Waals surface area contributed by atoms with E-state index in [9.17, 15) is 4.79 Å². The third-order valence-electron chi connectivity index (χ3n) is 5.63. The van der Waals surface area contributed by atoms with Crippen molar-refractivity contribution in [3.05, 3.63) is 64.5 Å². The second-order valence-corrected chi connectivity index (χ2v) is 8.56. The molecule has 0 N–H and O–H groups in total. The number of aryl methyl sites for hydroxylation is 1. The van der Waals surface area contributed by atoms with Gasteiger partial charge in [0, 0.05) is 72.9 Å². The van der Waals surface area contributed by atoms with Crippen LogP contribution in [-0.4, -0.2) is 53.0 Å². The molecule has 0 unspecified atom stereocenters. The molecule has 154 valence electrons. The summed E-state index contributed by atoms with van der Waals surface area (Å²) in [6.45, 7) is 5.12. The lowest BCUT2D eigenvalue weighted by Crippen LogP contribution is -2.48. The number of hydrogen-bond acceptors (Lipinski definition) is 4. The Bertz CT molecular complexity index is 1050. The fourth-order valence-corrected chi connectivity index (χ4v) is 4.64. The number of amides is 1. The zero-order chi connectivity index (χ0) is 20.8. The number of para-hydroxylation sites is 1. The normalized spacial score (nSPS) is 15.1. The van der Waals surface area contributed by atoms with E-state index in [2.05, 4.69) is 45.2 Å². The van der Waals surface area contributed by atoms with Crippen LogP contribution in [0.1, 0.15) is 16.9 Å². The molecule has 1 amide bonds. The van der Waals surface area contributed by atoms with Gasteiger partial charge in [-0.3, -0.25) is 9.69 Å². The molecule has 0 aliphatic carbocycles. The smallest absolute Gasteiger partial charge is 0.246 e. The Morgan fingerprint density at radius 1 is 1.10 bits per heavy atom. The molecular weight excluding hydrogens is 392 g/mol. The molecule has 3 aromatic rings. The maximum atomic E-state index is 12.7. The Hall–Kier alpha value is -2.88. The SMILES string of the molecule is N#CCCn1cc(/C=C/C(=O)N2CCN(CCc3cccs3)CC2)c2ccccc21. The average molecular weight is 419 g/mol. The molecule has 30 heavy (non-hydrogen) atoms. The zero-order valence-corrected chi connectivity index (χ0v) is 17.9. The first kappa shape index (κ1) is 20.4. The number of carbonyl (C=O) groups is 1. The molecule has 1 aliphatic heterocycles. The molecule has 5 nitrogen and oxygen atoms in total. The second-order valence-electron chi connectivity index (χ2n) is 7.53. The number of thiophene rings is 1. The third kappa shape index (κ3) is 4.81. The molecule has 3 heterocycles. The first-order valence-corrected chi connectivity index (χ1v) is 11.3. The number of piperazine rings is 1. The van der Waals surface area contributed by atoms with E-state index >= 15 is 0 Å². The number of hydrogen-bond donors (Lipinski definition) is 0. The molecule has 0 spiro atoms. The van der Waals surface area contributed by atoms with Crippen LogP contribution in [0.15, 0.2) is 54.1 Å². The van der Waals surface area contributed by atoms with Crippen LogP contribution in [0.25, 0.3) is 17.0 Å². The summed E-state index contributed by atoms with van der Waals surface area (Å²) < 4.78 is 2.09. The first-order valence-electron chi connectivity index (χ1n) is 10.4. The average Bonchev–Trinajstić information content (AvgIpc) is 3.43. The minimum absolute atomic E-state index is 0.0711. The lowest BCUT2D eigenvalue weighted by Gasteiger charge is -2.34. The minimum Gasteiger partial charge on any atom is -0.346 e. The molecule has 0 atom stereocenters. The summed E-state index contributed by atoms with van der Waals surface area (Å²) in [6.07, 6.45) is 7.20. The van der Waals surface area contributed by atoms with Crippen molar-refractivity contribution >= 4 is 34.2 Å². The lowest BCUT2D eigenvalue weighted by atomic mass is 10.1. The molecule has 6 heteroatoms. The molecule has 0 saturated carbocycles. The summed E-state index contributed by atoms with van der Waals surface area (Å²) in [5.74, 6) is 0.0711. The second kappa shape index (κ2) is 9.75. The van der Waals surface area contributed by atoms with E-state index in [-0.39, 0.29) is 5.91 Å². The number of carbonyl (C=O) groups excluding carboxylic acids is 1. The van der Waals surface area contributed by atoms with Crippen molar-refractivity contribution in [3.8, 4) is 6.07 Å². The van der Waals surface area contributed by atoms with E-state index in [0.717, 1.165) is 55.6 Å². The standard InChI is InChI=1S/C24H26N4OS/c25-11-4-12-28-19-20(22-6-1-2-7-23(22)28)8-9-24(29)27-16-14-26(15-17-27)13-10-21-5-3-18-30-21/h1-3,5-9,18-19H,4,10,12-17H2/b9-8+. The molecule has 0 radical (unpaired) electrons. The van der Waals surface area contributed by atoms with Gasteiger partial charge < -0.3 is 9.47 Å². The van der Waals surface area contributed by atoms with Crippen LogP contribution >= 0.6 is 11.3 Å². The first-order chi connectivity index (χ1) is 14.7. The minimum atomic E-state index is 0.0711. The Morgan fingerprint density at radius 2 is 1.93 bits per heavy atom. The van der Waals surface area contributed by atoms with Crippen LogP contribution in [0.2, 0.25) is 0 Å². The molecule has 1 aromatic carbocycles. The molecule has 1 fully saturated rings. The highest BCUT2D eigenvalue weighted by Crippen LogP contribution is 2.23. The number of nitriles is 1. The molecule has 0 bridgehead atoms. The number of nitrogens with zero attached hydrogens (tertiary/aromatic N) is 4. The monoisotopic (exact) mass is 418 g/mol. The predicted molar refractivity (Wildman–Crippen MR) is 122 cm³/mol. The summed E-state index contributed by atoms with van der Waals surface area (Å²) in [5.41, 5.74) is 2.12. The Morgan fingerprint density at radius 3 is 2.70 bits per heavy atom. The zero-order valence-electron chi connectivity index (χ0n) is 17.0. The summed E-state index contributed by atoms with van der Waals surface area (Å²) in [6, 6.07) is 14.6. The number of fused-ring (bicyclic) bond motifs is 1. The van der Waals surface area contributed by atoms with Gasteiger partial charge in [0.25, 0.3) is 0 Å². The molecule has 1 saturated heterocycles. The predicted octanol–water partition coefficient (Wildman–Crippen LogP) is 4.02. The van der Waals surface area contributed by atoms with Gasteiger partial charge in [-0.25, -0.2) is 0 Å². The van der Waals surface area contributed by atoms with E-state index in [1.807, 2.05) is 40.6 Å². The van der Waals surface area contributed by atoms with Crippen LogP contribution in [0.3, 0.4) is 0 Å². The van der Waals surface area contributed by atoms with Crippen molar-refractivity contribution in [2.45, 2.75) is 19.4 Å². The summed E-state index contributed by atoms with van der Waals surface area (Å²) in [4.78, 5) is 18.5. The van der Waals surface area contributed by atoms with Crippen LogP contribution in [0.5, 0.6) is 0 Å². The van der Waals surface area contributed by atoms with Gasteiger partial charge in [0.1, 0.15) is 0 Å². The van der Waals surface area contributed by atoms with Crippen molar-refractivity contribution in [2.24, 2.45) is 0 Å². The molecule has 4 rings (SSSR count). The van der Waals surface area contributed by atoms with Gasteiger partial charge in [-0.15, -0.1) is 11.3 Å². The third-order valence-corrected chi connectivity index (χ3v) is 6.56. The molecule has 1 aliphatic rings. The Kier molecular flexibility index (Phi) is 6.63. The van der Waals surface area contributed by atoms with Gasteiger partial charge in [0.05, 0.1) is 12.5 Å². The summed E-state index contributed by atoms with van der Waals surface area (Å²) in [5, 5.41) is 12.1. The topological polar surface area (TPSA) is 52.3 Å². The van der Waals surface area contributed by atoms with Crippen LogP contribution in [-0.2, 0) is 17.8 Å². The fraction of sp³-hybridized carbons (Fsp3) is 0.333. The van der Waals surface area contributed by atoms with Crippen LogP contribution in [0, 0.1) is 11.3 Å². The highest BCUT2D eigenvalue weighted by molar-refractivity contribution is 7.09. The molecular formula is C24H26N4OS. The molecule has 2 aromatic heterocycles. The number of aromatic nitrogens is 1. The van der Waals surface area contributed by atoms with E-state index < -0.39 is 0 Å². The Labute approximate surface area is 181 Å². The van der Waals surface area contributed by atoms with E-state index in [0.29, 0.717) is 13.0 Å². The van der Waals surface area contributed by atoms with E-state index in [1.165, 1.54) is 4.88 Å². The lowest BCUT2D eigenvalue weighted by molar-refractivity contribution is -0.127. The highest BCUT2D eigenvalue weighted by Gasteiger charge is 2.19. The van der Waals surface area contributed by atoms with Gasteiger partial charge in [-0.1, -0.05) is 24.3 Å².